The molecule has 0 spiro atoms. The molecule has 1 saturated heterocycles. The van der Waals surface area contributed by atoms with Crippen LogP contribution in [0.1, 0.15) is 6.42 Å². The van der Waals surface area contributed by atoms with E-state index < -0.39 is 17.6 Å². The Balaban J connectivity index is 2.12. The standard InChI is InChI=1S/C6H7NO4/c8-4-6(7-5(9)10)1-3(6)2-11-4/h3,7H,1-2H2,(H,9,10). The van der Waals surface area contributed by atoms with Crippen molar-refractivity contribution >= 4 is 12.1 Å². The Labute approximate surface area is 62.3 Å². The Bertz CT molecular complexity index is 239. The number of rotatable bonds is 1. The van der Waals surface area contributed by atoms with Gasteiger partial charge in [0.25, 0.3) is 0 Å². The molecule has 2 N–H and O–H groups in total. The lowest BCUT2D eigenvalue weighted by Crippen LogP contribution is -2.41. The van der Waals surface area contributed by atoms with Crippen molar-refractivity contribution < 1.29 is 19.4 Å². The topological polar surface area (TPSA) is 75.6 Å². The number of cyclic esters (lactones) is 1. The molecule has 1 amide bonds. The van der Waals surface area contributed by atoms with Crippen molar-refractivity contribution in [3.63, 3.8) is 0 Å². The fourth-order valence-electron chi connectivity index (χ4n) is 1.48. The van der Waals surface area contributed by atoms with Gasteiger partial charge in [-0.2, -0.15) is 0 Å². The first-order valence-corrected chi connectivity index (χ1v) is 3.33. The van der Waals surface area contributed by atoms with E-state index in [0.29, 0.717) is 13.0 Å². The van der Waals surface area contributed by atoms with Crippen LogP contribution in [0, 0.1) is 5.92 Å². The van der Waals surface area contributed by atoms with E-state index in [9.17, 15) is 9.59 Å². The van der Waals surface area contributed by atoms with Gasteiger partial charge < -0.3 is 15.2 Å². The monoisotopic (exact) mass is 157 g/mol. The van der Waals surface area contributed by atoms with Gasteiger partial charge in [0.2, 0.25) is 0 Å². The van der Waals surface area contributed by atoms with Gasteiger partial charge in [0.05, 0.1) is 6.61 Å². The first-order valence-electron chi connectivity index (χ1n) is 3.33. The van der Waals surface area contributed by atoms with E-state index in [0.717, 1.165) is 0 Å². The summed E-state index contributed by atoms with van der Waals surface area (Å²) in [4.78, 5) is 21.1. The van der Waals surface area contributed by atoms with Crippen LogP contribution in [0.15, 0.2) is 0 Å². The number of fused-ring (bicyclic) bond motifs is 1. The van der Waals surface area contributed by atoms with Crippen LogP contribution in [0.2, 0.25) is 0 Å². The van der Waals surface area contributed by atoms with Gasteiger partial charge in [0.15, 0.2) is 0 Å². The molecule has 0 aromatic rings. The molecule has 5 nitrogen and oxygen atoms in total. The first kappa shape index (κ1) is 6.45. The molecule has 0 aromatic heterocycles. The predicted octanol–water partition coefficient (Wildman–Crippen LogP) is -0.431. The Morgan fingerprint density at radius 1 is 1.82 bits per heavy atom. The highest BCUT2D eigenvalue weighted by atomic mass is 16.5. The molecule has 0 aromatic carbocycles. The van der Waals surface area contributed by atoms with E-state index >= 15 is 0 Å². The van der Waals surface area contributed by atoms with Crippen LogP contribution in [0.5, 0.6) is 0 Å². The van der Waals surface area contributed by atoms with Gasteiger partial charge >= 0.3 is 12.1 Å². The number of carbonyl (C=O) groups is 2. The third-order valence-electron chi connectivity index (χ3n) is 2.22. The molecule has 0 radical (unpaired) electrons. The second-order valence-electron chi connectivity index (χ2n) is 2.90. The maximum atomic E-state index is 10.9. The predicted molar refractivity (Wildman–Crippen MR) is 33.0 cm³/mol. The average molecular weight is 157 g/mol. The Kier molecular flexibility index (Phi) is 0.976. The fraction of sp³-hybridized carbons (Fsp3) is 0.667. The van der Waals surface area contributed by atoms with E-state index in [4.69, 9.17) is 5.11 Å². The number of carboxylic acid groups (broad SMARTS) is 1. The molecule has 2 aliphatic rings. The van der Waals surface area contributed by atoms with E-state index in [1.54, 1.807) is 0 Å². The van der Waals surface area contributed by atoms with Crippen molar-refractivity contribution in [1.82, 2.24) is 5.32 Å². The summed E-state index contributed by atoms with van der Waals surface area (Å²) < 4.78 is 4.65. The van der Waals surface area contributed by atoms with Crippen LogP contribution in [-0.2, 0) is 9.53 Å². The van der Waals surface area contributed by atoms with E-state index in [1.807, 2.05) is 0 Å². The number of esters is 1. The summed E-state index contributed by atoms with van der Waals surface area (Å²) in [7, 11) is 0. The minimum Gasteiger partial charge on any atom is -0.465 e. The fourth-order valence-corrected chi connectivity index (χ4v) is 1.48. The van der Waals surface area contributed by atoms with Gasteiger partial charge in [-0.3, -0.25) is 0 Å². The van der Waals surface area contributed by atoms with Crippen molar-refractivity contribution in [2.24, 2.45) is 5.92 Å². The molecule has 2 rings (SSSR count). The van der Waals surface area contributed by atoms with Gasteiger partial charge in [-0.25, -0.2) is 9.59 Å². The lowest BCUT2D eigenvalue weighted by Gasteiger charge is -2.07. The smallest absolute Gasteiger partial charge is 0.405 e. The molecule has 2 fully saturated rings. The van der Waals surface area contributed by atoms with Crippen molar-refractivity contribution in [3.05, 3.63) is 0 Å². The summed E-state index contributed by atoms with van der Waals surface area (Å²) in [6.45, 7) is 0.360. The minimum absolute atomic E-state index is 0.0751. The quantitative estimate of drug-likeness (QED) is 0.506. The van der Waals surface area contributed by atoms with Crippen molar-refractivity contribution in [3.8, 4) is 0 Å². The van der Waals surface area contributed by atoms with Crippen LogP contribution >= 0.6 is 0 Å². The van der Waals surface area contributed by atoms with Gasteiger partial charge in [0.1, 0.15) is 5.54 Å². The zero-order valence-corrected chi connectivity index (χ0v) is 5.66. The molecule has 2 atom stereocenters. The maximum absolute atomic E-state index is 10.9. The van der Waals surface area contributed by atoms with Gasteiger partial charge in [-0.1, -0.05) is 0 Å². The molecular formula is C6H7NO4. The summed E-state index contributed by atoms with van der Waals surface area (Å²) in [5.41, 5.74) is -0.869. The van der Waals surface area contributed by atoms with Gasteiger partial charge in [-0.05, 0) is 6.42 Å². The molecule has 11 heavy (non-hydrogen) atoms. The minimum atomic E-state index is -1.16. The van der Waals surface area contributed by atoms with E-state index in [-0.39, 0.29) is 5.92 Å². The van der Waals surface area contributed by atoms with Crippen LogP contribution in [0.3, 0.4) is 0 Å². The molecule has 0 bridgehead atoms. The summed E-state index contributed by atoms with van der Waals surface area (Å²) in [6.07, 6.45) is -0.565. The highest BCUT2D eigenvalue weighted by Crippen LogP contribution is 2.49. The van der Waals surface area contributed by atoms with Crippen LogP contribution in [0.4, 0.5) is 4.79 Å². The van der Waals surface area contributed by atoms with Crippen molar-refractivity contribution in [1.29, 1.82) is 0 Å². The highest BCUT2D eigenvalue weighted by Gasteiger charge is 2.67. The Morgan fingerprint density at radius 2 is 2.55 bits per heavy atom. The van der Waals surface area contributed by atoms with E-state index in [2.05, 4.69) is 10.1 Å². The van der Waals surface area contributed by atoms with Crippen molar-refractivity contribution in [2.45, 2.75) is 12.0 Å². The number of hydrogen-bond donors (Lipinski definition) is 2. The SMILES string of the molecule is O=C(O)NC12CC1COC2=O. The number of amides is 1. The summed E-state index contributed by atoms with van der Waals surface area (Å²) in [5, 5.41) is 10.5. The number of nitrogens with one attached hydrogen (secondary N) is 1. The molecule has 1 aliphatic carbocycles. The molecular weight excluding hydrogens is 150 g/mol. The molecule has 1 aliphatic heterocycles. The van der Waals surface area contributed by atoms with Crippen LogP contribution in [-0.4, -0.2) is 29.3 Å². The molecule has 1 heterocycles. The lowest BCUT2D eigenvalue weighted by molar-refractivity contribution is -0.142. The second-order valence-corrected chi connectivity index (χ2v) is 2.90. The Morgan fingerprint density at radius 3 is 2.91 bits per heavy atom. The zero-order valence-electron chi connectivity index (χ0n) is 5.66. The Hall–Kier alpha value is -1.26. The third kappa shape index (κ3) is 0.704. The molecule has 60 valence electrons. The lowest BCUT2D eigenvalue weighted by atomic mass is 10.2. The second kappa shape index (κ2) is 1.66. The third-order valence-corrected chi connectivity index (χ3v) is 2.22. The maximum Gasteiger partial charge on any atom is 0.405 e. The van der Waals surface area contributed by atoms with E-state index in [1.165, 1.54) is 0 Å². The van der Waals surface area contributed by atoms with Gasteiger partial charge in [-0.15, -0.1) is 0 Å². The summed E-state index contributed by atoms with van der Waals surface area (Å²) >= 11 is 0. The van der Waals surface area contributed by atoms with Crippen LogP contribution in [0.25, 0.3) is 0 Å². The normalized spacial score (nSPS) is 39.3. The van der Waals surface area contributed by atoms with Crippen LogP contribution < -0.4 is 5.32 Å². The average Bonchev–Trinajstić information content (AvgIpc) is 2.51. The molecule has 2 unspecified atom stereocenters. The summed E-state index contributed by atoms with van der Waals surface area (Å²) in [6, 6.07) is 0. The van der Waals surface area contributed by atoms with Crippen molar-refractivity contribution in [2.75, 3.05) is 6.61 Å². The highest BCUT2D eigenvalue weighted by molar-refractivity contribution is 5.91. The van der Waals surface area contributed by atoms with Gasteiger partial charge in [0, 0.05) is 5.92 Å². The zero-order chi connectivity index (χ0) is 8.06. The number of carbonyl (C=O) groups excluding carboxylic acids is 1. The number of hydrogen-bond acceptors (Lipinski definition) is 3. The first-order chi connectivity index (χ1) is 5.15. The largest absolute Gasteiger partial charge is 0.465 e. The molecule has 5 heteroatoms. The molecule has 1 saturated carbocycles. The summed E-state index contributed by atoms with van der Waals surface area (Å²) in [5.74, 6) is -0.351. The number of ether oxygens (including phenoxy) is 1.